The van der Waals surface area contributed by atoms with Gasteiger partial charge >= 0.3 is 11.9 Å². The predicted octanol–water partition coefficient (Wildman–Crippen LogP) is -1.28. The van der Waals surface area contributed by atoms with Crippen molar-refractivity contribution in [1.82, 2.24) is 16.0 Å². The average Bonchev–Trinajstić information content (AvgIpc) is 2.85. The van der Waals surface area contributed by atoms with E-state index < -0.39 is 60.2 Å². The van der Waals surface area contributed by atoms with Crippen LogP contribution in [0.4, 0.5) is 0 Å². The smallest absolute Gasteiger partial charge is 0.326 e. The number of aromatic hydroxyl groups is 1. The SMILES string of the molecule is NCCCCC(N)C(=O)NC(CCC(=O)O)C(=O)NC(CS)C(=O)NC(Cc1ccc(O)cc1)C(=O)O. The van der Waals surface area contributed by atoms with Gasteiger partial charge < -0.3 is 42.7 Å². The summed E-state index contributed by atoms with van der Waals surface area (Å²) in [6.45, 7) is 0.433. The quantitative estimate of drug-likeness (QED) is 0.0837. The van der Waals surface area contributed by atoms with Crippen molar-refractivity contribution in [2.24, 2.45) is 11.5 Å². The van der Waals surface area contributed by atoms with Crippen LogP contribution in [0.3, 0.4) is 0 Å². The van der Waals surface area contributed by atoms with E-state index >= 15 is 0 Å². The Morgan fingerprint density at radius 2 is 1.41 bits per heavy atom. The highest BCUT2D eigenvalue weighted by molar-refractivity contribution is 7.80. The minimum Gasteiger partial charge on any atom is -0.508 e. The van der Waals surface area contributed by atoms with Gasteiger partial charge in [-0.15, -0.1) is 0 Å². The Morgan fingerprint density at radius 1 is 0.838 bits per heavy atom. The summed E-state index contributed by atoms with van der Waals surface area (Å²) in [5.41, 5.74) is 11.8. The highest BCUT2D eigenvalue weighted by Gasteiger charge is 2.30. The molecule has 0 heterocycles. The van der Waals surface area contributed by atoms with Crippen LogP contribution in [0, 0.1) is 0 Å². The molecule has 10 N–H and O–H groups in total. The van der Waals surface area contributed by atoms with Crippen molar-refractivity contribution in [2.45, 2.75) is 62.7 Å². The summed E-state index contributed by atoms with van der Waals surface area (Å²) in [7, 11) is 0. The molecule has 0 spiro atoms. The molecule has 1 rings (SSSR count). The first-order valence-electron chi connectivity index (χ1n) is 11.7. The topological polar surface area (TPSA) is 234 Å². The Labute approximate surface area is 219 Å². The molecule has 0 aliphatic carbocycles. The van der Waals surface area contributed by atoms with Crippen LogP contribution in [0.5, 0.6) is 5.75 Å². The number of phenols is 1. The molecule has 0 bridgehead atoms. The van der Waals surface area contributed by atoms with Gasteiger partial charge in [-0.25, -0.2) is 4.79 Å². The molecule has 4 unspecified atom stereocenters. The molecule has 0 radical (unpaired) electrons. The van der Waals surface area contributed by atoms with Crippen LogP contribution in [0.1, 0.15) is 37.7 Å². The van der Waals surface area contributed by atoms with Crippen molar-refractivity contribution in [3.8, 4) is 5.75 Å². The molecule has 0 saturated carbocycles. The average molecular weight is 542 g/mol. The molecule has 0 aromatic heterocycles. The lowest BCUT2D eigenvalue weighted by Gasteiger charge is -2.24. The zero-order valence-electron chi connectivity index (χ0n) is 20.3. The number of phenolic OH excluding ortho intramolecular Hbond substituents is 1. The number of nitrogens with two attached hydrogens (primary N) is 2. The number of hydrogen-bond acceptors (Lipinski definition) is 9. The molecule has 4 atom stereocenters. The van der Waals surface area contributed by atoms with Crippen molar-refractivity contribution in [2.75, 3.05) is 12.3 Å². The van der Waals surface area contributed by atoms with Gasteiger partial charge in [-0.2, -0.15) is 12.6 Å². The monoisotopic (exact) mass is 541 g/mol. The van der Waals surface area contributed by atoms with E-state index in [1.807, 2.05) is 0 Å². The lowest BCUT2D eigenvalue weighted by Crippen LogP contribution is -2.57. The van der Waals surface area contributed by atoms with Gasteiger partial charge in [-0.1, -0.05) is 18.6 Å². The number of aliphatic carboxylic acids is 2. The molecule has 0 aliphatic heterocycles. The second kappa shape index (κ2) is 16.4. The van der Waals surface area contributed by atoms with Crippen molar-refractivity contribution in [1.29, 1.82) is 0 Å². The van der Waals surface area contributed by atoms with Crippen molar-refractivity contribution < 1.29 is 39.3 Å². The Balaban J connectivity index is 2.87. The van der Waals surface area contributed by atoms with E-state index in [2.05, 4.69) is 28.6 Å². The Hall–Kier alpha value is -3.36. The summed E-state index contributed by atoms with van der Waals surface area (Å²) >= 11 is 4.06. The van der Waals surface area contributed by atoms with E-state index in [-0.39, 0.29) is 24.3 Å². The third-order valence-corrected chi connectivity index (χ3v) is 5.76. The molecule has 14 heteroatoms. The minimum atomic E-state index is -1.34. The number of amides is 3. The van der Waals surface area contributed by atoms with E-state index in [1.165, 1.54) is 24.3 Å². The minimum absolute atomic E-state index is 0.00132. The number of rotatable bonds is 17. The number of thiol groups is 1. The molecule has 1 aromatic rings. The van der Waals surface area contributed by atoms with E-state index in [4.69, 9.17) is 16.6 Å². The Bertz CT molecular complexity index is 930. The lowest BCUT2D eigenvalue weighted by molar-refractivity contribution is -0.142. The zero-order chi connectivity index (χ0) is 28.0. The number of carboxylic acids is 2. The van der Waals surface area contributed by atoms with Crippen LogP contribution in [0.2, 0.25) is 0 Å². The number of benzene rings is 1. The first-order valence-corrected chi connectivity index (χ1v) is 12.3. The number of carbonyl (C=O) groups is 5. The van der Waals surface area contributed by atoms with Crippen LogP contribution in [-0.4, -0.2) is 81.4 Å². The van der Waals surface area contributed by atoms with Crippen molar-refractivity contribution >= 4 is 42.3 Å². The van der Waals surface area contributed by atoms with E-state index in [1.54, 1.807) is 0 Å². The number of unbranched alkanes of at least 4 members (excludes halogenated alkanes) is 1. The molecule has 13 nitrogen and oxygen atoms in total. The summed E-state index contributed by atoms with van der Waals surface area (Å²) in [5, 5.41) is 35.0. The number of nitrogens with one attached hydrogen (secondary N) is 3. The first kappa shape index (κ1) is 31.7. The van der Waals surface area contributed by atoms with Gasteiger partial charge in [0.15, 0.2) is 0 Å². The summed E-state index contributed by atoms with van der Waals surface area (Å²) in [5.74, 6) is -5.06. The highest BCUT2D eigenvalue weighted by Crippen LogP contribution is 2.12. The maximum absolute atomic E-state index is 12.9. The fraction of sp³-hybridized carbons (Fsp3) is 0.522. The van der Waals surface area contributed by atoms with Crippen molar-refractivity contribution in [3.63, 3.8) is 0 Å². The van der Waals surface area contributed by atoms with Crippen LogP contribution in [0.15, 0.2) is 24.3 Å². The van der Waals surface area contributed by atoms with Gasteiger partial charge in [0.1, 0.15) is 23.9 Å². The Morgan fingerprint density at radius 3 is 1.95 bits per heavy atom. The molecule has 0 fully saturated rings. The molecule has 1 aromatic carbocycles. The number of carbonyl (C=O) groups excluding carboxylic acids is 3. The molecule has 0 aliphatic rings. The number of hydrogen-bond donors (Lipinski definition) is 9. The first-order chi connectivity index (χ1) is 17.5. The second-order valence-corrected chi connectivity index (χ2v) is 8.76. The van der Waals surface area contributed by atoms with Gasteiger partial charge in [-0.05, 0) is 43.5 Å². The summed E-state index contributed by atoms with van der Waals surface area (Å²) in [6.07, 6.45) is 0.776. The second-order valence-electron chi connectivity index (χ2n) is 8.40. The highest BCUT2D eigenvalue weighted by atomic mass is 32.1. The summed E-state index contributed by atoms with van der Waals surface area (Å²) in [4.78, 5) is 60.8. The third-order valence-electron chi connectivity index (χ3n) is 5.39. The van der Waals surface area contributed by atoms with Gasteiger partial charge in [0.05, 0.1) is 6.04 Å². The lowest BCUT2D eigenvalue weighted by atomic mass is 10.1. The van der Waals surface area contributed by atoms with E-state index in [9.17, 15) is 34.2 Å². The maximum Gasteiger partial charge on any atom is 0.326 e. The Kier molecular flexibility index (Phi) is 14.0. The molecule has 37 heavy (non-hydrogen) atoms. The summed E-state index contributed by atoms with van der Waals surface area (Å²) in [6, 6.07) is 0.909. The van der Waals surface area contributed by atoms with Gasteiger partial charge in [-0.3, -0.25) is 19.2 Å². The van der Waals surface area contributed by atoms with Crippen molar-refractivity contribution in [3.05, 3.63) is 29.8 Å². The van der Waals surface area contributed by atoms with E-state index in [0.29, 0.717) is 31.4 Å². The normalized spacial score (nSPS) is 14.0. The predicted molar refractivity (Wildman–Crippen MR) is 137 cm³/mol. The summed E-state index contributed by atoms with van der Waals surface area (Å²) < 4.78 is 0. The van der Waals surface area contributed by atoms with Crippen LogP contribution in [-0.2, 0) is 30.4 Å². The van der Waals surface area contributed by atoms with Crippen LogP contribution in [0.25, 0.3) is 0 Å². The largest absolute Gasteiger partial charge is 0.508 e. The van der Waals surface area contributed by atoms with Gasteiger partial charge in [0.2, 0.25) is 17.7 Å². The van der Waals surface area contributed by atoms with Crippen LogP contribution < -0.4 is 27.4 Å². The maximum atomic E-state index is 12.9. The fourth-order valence-corrected chi connectivity index (χ4v) is 3.52. The molecule has 3 amide bonds. The molecule has 206 valence electrons. The van der Waals surface area contributed by atoms with Crippen LogP contribution >= 0.6 is 12.6 Å². The number of carboxylic acid groups (broad SMARTS) is 2. The van der Waals surface area contributed by atoms with E-state index in [0.717, 1.165) is 0 Å². The molecular formula is C23H35N5O8S. The van der Waals surface area contributed by atoms with Gasteiger partial charge in [0.25, 0.3) is 0 Å². The fourth-order valence-electron chi connectivity index (χ4n) is 3.26. The molecule has 0 saturated heterocycles. The zero-order valence-corrected chi connectivity index (χ0v) is 21.2. The third kappa shape index (κ3) is 11.9. The van der Waals surface area contributed by atoms with Gasteiger partial charge in [0, 0.05) is 18.6 Å². The standard InChI is InChI=1S/C23H35N5O8S/c24-10-2-1-3-15(25)20(32)26-16(8-9-19(30)31)21(33)28-18(12-37)22(34)27-17(23(35)36)11-13-4-6-14(29)7-5-13/h4-7,15-18,29,37H,1-3,8-12,24-25H2,(H,26,32)(H,27,34)(H,28,33)(H,30,31)(H,35,36). The molecular weight excluding hydrogens is 506 g/mol.